The Labute approximate surface area is 89.0 Å². The van der Waals surface area contributed by atoms with E-state index >= 15 is 0 Å². The number of β-amino-alcohol motifs (C(OH)–C–C–N with tert-alkyl or cyclic N) is 1. The van der Waals surface area contributed by atoms with E-state index in [0.717, 1.165) is 0 Å². The van der Waals surface area contributed by atoms with Crippen LogP contribution in [0.3, 0.4) is 0 Å². The Morgan fingerprint density at radius 2 is 2.33 bits per heavy atom. The molecule has 2 unspecified atom stereocenters. The summed E-state index contributed by atoms with van der Waals surface area (Å²) < 4.78 is 10.5. The van der Waals surface area contributed by atoms with Gasteiger partial charge in [-0.15, -0.1) is 0 Å². The minimum absolute atomic E-state index is 0.0625. The Bertz CT molecular complexity index is 248. The minimum atomic E-state index is -0.745. The van der Waals surface area contributed by atoms with Crippen LogP contribution in [0.15, 0.2) is 0 Å². The zero-order chi connectivity index (χ0) is 10.9. The maximum atomic E-state index is 11.9. The van der Waals surface area contributed by atoms with E-state index in [1.165, 1.54) is 0 Å². The van der Waals surface area contributed by atoms with Crippen molar-refractivity contribution in [2.45, 2.75) is 25.0 Å². The smallest absolute Gasteiger partial charge is 0.254 e. The maximum Gasteiger partial charge on any atom is 0.254 e. The highest BCUT2D eigenvalue weighted by Gasteiger charge is 2.37. The molecule has 0 saturated carbocycles. The number of aliphatic hydroxyl groups is 1. The van der Waals surface area contributed by atoms with Crippen LogP contribution in [0, 0.1) is 0 Å². The van der Waals surface area contributed by atoms with Gasteiger partial charge in [-0.1, -0.05) is 0 Å². The summed E-state index contributed by atoms with van der Waals surface area (Å²) in [7, 11) is 0. The van der Waals surface area contributed by atoms with Crippen molar-refractivity contribution in [3.63, 3.8) is 0 Å². The topological polar surface area (TPSA) is 59.0 Å². The van der Waals surface area contributed by atoms with Crippen molar-refractivity contribution >= 4 is 5.91 Å². The predicted octanol–water partition coefficient (Wildman–Crippen LogP) is -0.615. The van der Waals surface area contributed by atoms with Gasteiger partial charge in [-0.05, 0) is 13.3 Å². The third-order valence-electron chi connectivity index (χ3n) is 2.85. The Morgan fingerprint density at radius 1 is 1.53 bits per heavy atom. The summed E-state index contributed by atoms with van der Waals surface area (Å²) in [6, 6.07) is 0. The highest BCUT2D eigenvalue weighted by Crippen LogP contribution is 2.21. The van der Waals surface area contributed by atoms with Crippen LogP contribution < -0.4 is 0 Å². The highest BCUT2D eigenvalue weighted by atomic mass is 16.6. The standard InChI is InChI=1S/C10H17NO4/c1-10(13)2-3-11(7-10)9(12)8-6-14-4-5-15-8/h8,13H,2-7H2,1H3. The predicted molar refractivity (Wildman–Crippen MR) is 52.4 cm³/mol. The molecule has 1 amide bonds. The summed E-state index contributed by atoms with van der Waals surface area (Å²) >= 11 is 0. The fraction of sp³-hybridized carbons (Fsp3) is 0.900. The number of hydrogen-bond acceptors (Lipinski definition) is 4. The molecule has 5 heteroatoms. The molecule has 2 aliphatic rings. The zero-order valence-electron chi connectivity index (χ0n) is 8.94. The van der Waals surface area contributed by atoms with Crippen molar-refractivity contribution in [3.05, 3.63) is 0 Å². The molecular formula is C10H17NO4. The molecule has 0 aromatic rings. The molecule has 2 heterocycles. The molecule has 1 N–H and O–H groups in total. The van der Waals surface area contributed by atoms with Crippen LogP contribution >= 0.6 is 0 Å². The van der Waals surface area contributed by atoms with Crippen molar-refractivity contribution in [2.75, 3.05) is 32.9 Å². The first-order valence-corrected chi connectivity index (χ1v) is 5.29. The van der Waals surface area contributed by atoms with Crippen LogP contribution in [-0.4, -0.2) is 60.5 Å². The number of ether oxygens (including phenoxy) is 2. The molecule has 0 aromatic heterocycles. The molecule has 5 nitrogen and oxygen atoms in total. The molecular weight excluding hydrogens is 198 g/mol. The van der Waals surface area contributed by atoms with Crippen molar-refractivity contribution in [1.82, 2.24) is 4.90 Å². The highest BCUT2D eigenvalue weighted by molar-refractivity contribution is 5.81. The van der Waals surface area contributed by atoms with Gasteiger partial charge in [-0.25, -0.2) is 0 Å². The maximum absolute atomic E-state index is 11.9. The van der Waals surface area contributed by atoms with Gasteiger partial charge < -0.3 is 19.5 Å². The lowest BCUT2D eigenvalue weighted by atomic mass is 10.1. The molecule has 2 aliphatic heterocycles. The summed E-state index contributed by atoms with van der Waals surface area (Å²) in [5.74, 6) is -0.0625. The molecule has 2 rings (SSSR count). The van der Waals surface area contributed by atoms with Gasteiger partial charge in [-0.2, -0.15) is 0 Å². The van der Waals surface area contributed by atoms with Crippen LogP contribution in [0.1, 0.15) is 13.3 Å². The van der Waals surface area contributed by atoms with Crippen LogP contribution in [-0.2, 0) is 14.3 Å². The number of nitrogens with zero attached hydrogens (tertiary/aromatic N) is 1. The second-order valence-corrected chi connectivity index (χ2v) is 4.44. The number of carbonyl (C=O) groups is 1. The fourth-order valence-corrected chi connectivity index (χ4v) is 1.97. The van der Waals surface area contributed by atoms with Gasteiger partial charge >= 0.3 is 0 Å². The van der Waals surface area contributed by atoms with Gasteiger partial charge in [0.1, 0.15) is 0 Å². The van der Waals surface area contributed by atoms with Crippen molar-refractivity contribution in [1.29, 1.82) is 0 Å². The first kappa shape index (κ1) is 10.9. The Hall–Kier alpha value is -0.650. The van der Waals surface area contributed by atoms with Crippen LogP contribution in [0.25, 0.3) is 0 Å². The average Bonchev–Trinajstić information content (AvgIpc) is 2.59. The van der Waals surface area contributed by atoms with E-state index in [0.29, 0.717) is 39.3 Å². The molecule has 2 atom stereocenters. The van der Waals surface area contributed by atoms with Crippen molar-refractivity contribution in [2.24, 2.45) is 0 Å². The summed E-state index contributed by atoms with van der Waals surface area (Å²) in [6.07, 6.45) is 0.152. The second kappa shape index (κ2) is 4.08. The van der Waals surface area contributed by atoms with Gasteiger partial charge in [-0.3, -0.25) is 4.79 Å². The Balaban J connectivity index is 1.90. The van der Waals surface area contributed by atoms with E-state index in [9.17, 15) is 9.90 Å². The second-order valence-electron chi connectivity index (χ2n) is 4.44. The first-order chi connectivity index (χ1) is 7.08. The minimum Gasteiger partial charge on any atom is -0.388 e. The lowest BCUT2D eigenvalue weighted by Gasteiger charge is -2.27. The molecule has 0 radical (unpaired) electrons. The normalized spacial score (nSPS) is 36.9. The number of rotatable bonds is 1. The average molecular weight is 215 g/mol. The Kier molecular flexibility index (Phi) is 2.95. The molecule has 2 fully saturated rings. The number of hydrogen-bond donors (Lipinski definition) is 1. The van der Waals surface area contributed by atoms with Crippen LogP contribution in [0.2, 0.25) is 0 Å². The van der Waals surface area contributed by atoms with E-state index in [2.05, 4.69) is 0 Å². The number of carbonyl (C=O) groups excluding carboxylic acids is 1. The van der Waals surface area contributed by atoms with Crippen LogP contribution in [0.4, 0.5) is 0 Å². The molecule has 0 bridgehead atoms. The quantitative estimate of drug-likeness (QED) is 0.633. The van der Waals surface area contributed by atoms with E-state index in [-0.39, 0.29) is 5.91 Å². The third-order valence-corrected chi connectivity index (χ3v) is 2.85. The molecule has 2 saturated heterocycles. The van der Waals surface area contributed by atoms with Gasteiger partial charge in [0.15, 0.2) is 6.10 Å². The van der Waals surface area contributed by atoms with Crippen LogP contribution in [0.5, 0.6) is 0 Å². The third kappa shape index (κ3) is 2.48. The number of likely N-dealkylation sites (tertiary alicyclic amines) is 1. The van der Waals surface area contributed by atoms with E-state index < -0.39 is 11.7 Å². The molecule has 0 aliphatic carbocycles. The molecule has 0 spiro atoms. The summed E-state index contributed by atoms with van der Waals surface area (Å²) in [5, 5.41) is 9.75. The fourth-order valence-electron chi connectivity index (χ4n) is 1.97. The van der Waals surface area contributed by atoms with Crippen molar-refractivity contribution < 1.29 is 19.4 Å². The van der Waals surface area contributed by atoms with Gasteiger partial charge in [0, 0.05) is 13.1 Å². The van der Waals surface area contributed by atoms with E-state index in [1.54, 1.807) is 11.8 Å². The van der Waals surface area contributed by atoms with Crippen molar-refractivity contribution in [3.8, 4) is 0 Å². The lowest BCUT2D eigenvalue weighted by Crippen LogP contribution is -2.45. The molecule has 86 valence electrons. The van der Waals surface area contributed by atoms with E-state index in [1.807, 2.05) is 0 Å². The van der Waals surface area contributed by atoms with Gasteiger partial charge in [0.2, 0.25) is 0 Å². The SMILES string of the molecule is CC1(O)CCN(C(=O)C2COCCO2)C1. The largest absolute Gasteiger partial charge is 0.388 e. The molecule has 15 heavy (non-hydrogen) atoms. The van der Waals surface area contributed by atoms with E-state index in [4.69, 9.17) is 9.47 Å². The molecule has 0 aromatic carbocycles. The Morgan fingerprint density at radius 3 is 2.87 bits per heavy atom. The summed E-state index contributed by atoms with van der Waals surface area (Å²) in [5.41, 5.74) is -0.745. The number of amides is 1. The summed E-state index contributed by atoms with van der Waals surface area (Å²) in [4.78, 5) is 13.6. The zero-order valence-corrected chi connectivity index (χ0v) is 8.94. The van der Waals surface area contributed by atoms with Gasteiger partial charge in [0.05, 0.1) is 25.4 Å². The monoisotopic (exact) mass is 215 g/mol. The summed E-state index contributed by atoms with van der Waals surface area (Å²) in [6.45, 7) is 4.11. The first-order valence-electron chi connectivity index (χ1n) is 5.29. The lowest BCUT2D eigenvalue weighted by molar-refractivity contribution is -0.157. The van der Waals surface area contributed by atoms with Gasteiger partial charge in [0.25, 0.3) is 5.91 Å².